The molecule has 0 spiro atoms. The zero-order valence-corrected chi connectivity index (χ0v) is 9.95. The van der Waals surface area contributed by atoms with E-state index >= 15 is 0 Å². The van der Waals surface area contributed by atoms with E-state index in [-0.39, 0.29) is 12.0 Å². The highest BCUT2D eigenvalue weighted by molar-refractivity contribution is 5.44. The van der Waals surface area contributed by atoms with Gasteiger partial charge in [-0.1, -0.05) is 5.16 Å². The summed E-state index contributed by atoms with van der Waals surface area (Å²) in [4.78, 5) is 4.45. The van der Waals surface area contributed by atoms with Crippen LogP contribution in [0, 0.1) is 11.8 Å². The first-order valence-electron chi connectivity index (χ1n) is 6.46. The van der Waals surface area contributed by atoms with Crippen LogP contribution in [-0.2, 0) is 0 Å². The molecule has 2 saturated carbocycles. The van der Waals surface area contributed by atoms with Crippen molar-refractivity contribution in [1.29, 1.82) is 0 Å². The molecule has 2 aromatic rings. The molecule has 2 aromatic heterocycles. The smallest absolute Gasteiger partial charge is 0.238 e. The van der Waals surface area contributed by atoms with Gasteiger partial charge in [-0.3, -0.25) is 0 Å². The lowest BCUT2D eigenvalue weighted by Crippen LogP contribution is -2.34. The Bertz CT molecular complexity index is 546. The Morgan fingerprint density at radius 1 is 1.28 bits per heavy atom. The molecule has 0 aliphatic heterocycles. The maximum Gasteiger partial charge on any atom is 0.238 e. The van der Waals surface area contributed by atoms with E-state index in [9.17, 15) is 0 Å². The molecule has 2 aliphatic carbocycles. The fourth-order valence-electron chi connectivity index (χ4n) is 3.58. The van der Waals surface area contributed by atoms with E-state index in [0.29, 0.717) is 29.3 Å². The van der Waals surface area contributed by atoms with Crippen LogP contribution in [0.15, 0.2) is 27.3 Å². The average molecular weight is 245 g/mol. The van der Waals surface area contributed by atoms with Crippen molar-refractivity contribution in [3.63, 3.8) is 0 Å². The average Bonchev–Trinajstić information content (AvgIpc) is 3.13. The van der Waals surface area contributed by atoms with Crippen molar-refractivity contribution in [2.75, 3.05) is 0 Å². The summed E-state index contributed by atoms with van der Waals surface area (Å²) in [7, 11) is 0. The summed E-state index contributed by atoms with van der Waals surface area (Å²) < 4.78 is 10.7. The molecule has 5 heteroatoms. The van der Waals surface area contributed by atoms with Crippen LogP contribution in [0.2, 0.25) is 0 Å². The Morgan fingerprint density at radius 3 is 2.89 bits per heavy atom. The third-order valence-electron chi connectivity index (χ3n) is 4.45. The van der Waals surface area contributed by atoms with Crippen molar-refractivity contribution in [1.82, 2.24) is 10.1 Å². The van der Waals surface area contributed by atoms with Crippen LogP contribution in [0.5, 0.6) is 0 Å². The van der Waals surface area contributed by atoms with Gasteiger partial charge in [0.25, 0.3) is 0 Å². The SMILES string of the molecule is NC1C2CCC(C2)C1c1nc(-c2ccco2)no1. The number of hydrogen-bond donors (Lipinski definition) is 1. The summed E-state index contributed by atoms with van der Waals surface area (Å²) in [5.41, 5.74) is 6.27. The molecular weight excluding hydrogens is 230 g/mol. The third kappa shape index (κ3) is 1.37. The molecule has 4 rings (SSSR count). The van der Waals surface area contributed by atoms with Crippen molar-refractivity contribution >= 4 is 0 Å². The van der Waals surface area contributed by atoms with Gasteiger partial charge in [-0.05, 0) is 43.2 Å². The molecule has 2 fully saturated rings. The lowest BCUT2D eigenvalue weighted by molar-refractivity contribution is 0.279. The predicted molar refractivity (Wildman–Crippen MR) is 63.5 cm³/mol. The zero-order chi connectivity index (χ0) is 12.1. The van der Waals surface area contributed by atoms with Gasteiger partial charge < -0.3 is 14.7 Å². The van der Waals surface area contributed by atoms with E-state index in [2.05, 4.69) is 10.1 Å². The van der Waals surface area contributed by atoms with Gasteiger partial charge in [0.05, 0.1) is 12.2 Å². The number of aromatic nitrogens is 2. The van der Waals surface area contributed by atoms with Crippen LogP contribution in [0.3, 0.4) is 0 Å². The van der Waals surface area contributed by atoms with E-state index in [1.807, 2.05) is 12.1 Å². The van der Waals surface area contributed by atoms with E-state index in [1.165, 1.54) is 19.3 Å². The largest absolute Gasteiger partial charge is 0.461 e. The number of furan rings is 1. The Kier molecular flexibility index (Phi) is 2.11. The quantitative estimate of drug-likeness (QED) is 0.877. The van der Waals surface area contributed by atoms with E-state index < -0.39 is 0 Å². The second kappa shape index (κ2) is 3.68. The summed E-state index contributed by atoms with van der Waals surface area (Å²) in [5, 5.41) is 3.99. The van der Waals surface area contributed by atoms with Crippen molar-refractivity contribution in [2.45, 2.75) is 31.2 Å². The summed E-state index contributed by atoms with van der Waals surface area (Å²) in [6, 6.07) is 3.82. The van der Waals surface area contributed by atoms with E-state index in [0.717, 1.165) is 0 Å². The Labute approximate surface area is 104 Å². The molecule has 0 amide bonds. The van der Waals surface area contributed by atoms with Crippen LogP contribution in [0.25, 0.3) is 11.6 Å². The first-order chi connectivity index (χ1) is 8.83. The van der Waals surface area contributed by atoms with Crippen LogP contribution < -0.4 is 5.73 Å². The fraction of sp³-hybridized carbons (Fsp3) is 0.538. The summed E-state index contributed by atoms with van der Waals surface area (Å²) in [6.07, 6.45) is 5.31. The van der Waals surface area contributed by atoms with Crippen LogP contribution in [0.1, 0.15) is 31.1 Å². The molecule has 18 heavy (non-hydrogen) atoms. The minimum Gasteiger partial charge on any atom is -0.461 e. The molecule has 0 saturated heterocycles. The van der Waals surface area contributed by atoms with Gasteiger partial charge in [-0.15, -0.1) is 0 Å². The second-order valence-electron chi connectivity index (χ2n) is 5.37. The topological polar surface area (TPSA) is 78.1 Å². The minimum absolute atomic E-state index is 0.175. The molecule has 2 bridgehead atoms. The molecule has 0 aromatic carbocycles. The Hall–Kier alpha value is -1.62. The van der Waals surface area contributed by atoms with E-state index in [1.54, 1.807) is 6.26 Å². The van der Waals surface area contributed by atoms with Gasteiger partial charge in [0.1, 0.15) is 0 Å². The molecule has 0 radical (unpaired) electrons. The highest BCUT2D eigenvalue weighted by atomic mass is 16.5. The predicted octanol–water partition coefficient (Wildman–Crippen LogP) is 2.17. The second-order valence-corrected chi connectivity index (χ2v) is 5.37. The minimum atomic E-state index is 0.175. The lowest BCUT2D eigenvalue weighted by Gasteiger charge is -2.24. The van der Waals surface area contributed by atoms with Crippen molar-refractivity contribution < 1.29 is 8.94 Å². The number of hydrogen-bond acceptors (Lipinski definition) is 5. The number of fused-ring (bicyclic) bond motifs is 2. The summed E-state index contributed by atoms with van der Waals surface area (Å²) in [5.74, 6) is 3.33. The van der Waals surface area contributed by atoms with Crippen molar-refractivity contribution in [2.24, 2.45) is 17.6 Å². The highest BCUT2D eigenvalue weighted by Crippen LogP contribution is 2.51. The zero-order valence-electron chi connectivity index (χ0n) is 9.95. The van der Waals surface area contributed by atoms with Gasteiger partial charge in [0, 0.05) is 6.04 Å². The van der Waals surface area contributed by atoms with Crippen LogP contribution in [-0.4, -0.2) is 16.2 Å². The van der Waals surface area contributed by atoms with Gasteiger partial charge >= 0.3 is 0 Å². The van der Waals surface area contributed by atoms with Crippen LogP contribution >= 0.6 is 0 Å². The highest BCUT2D eigenvalue weighted by Gasteiger charge is 2.48. The van der Waals surface area contributed by atoms with Gasteiger partial charge in [0.15, 0.2) is 5.76 Å². The maximum atomic E-state index is 6.27. The lowest BCUT2D eigenvalue weighted by atomic mass is 9.85. The molecule has 4 unspecified atom stereocenters. The van der Waals surface area contributed by atoms with Crippen molar-refractivity contribution in [3.05, 3.63) is 24.3 Å². The van der Waals surface area contributed by atoms with Gasteiger partial charge in [-0.2, -0.15) is 4.98 Å². The Balaban J connectivity index is 1.66. The molecule has 94 valence electrons. The summed E-state index contributed by atoms with van der Waals surface area (Å²) in [6.45, 7) is 0. The standard InChI is InChI=1S/C13H15N3O2/c14-11-8-4-3-7(6-8)10(11)13-15-12(16-18-13)9-2-1-5-17-9/h1-2,5,7-8,10-11H,3-4,6,14H2. The summed E-state index contributed by atoms with van der Waals surface area (Å²) >= 11 is 0. The maximum absolute atomic E-state index is 6.27. The first kappa shape index (κ1) is 10.3. The van der Waals surface area contributed by atoms with Gasteiger partial charge in [-0.25, -0.2) is 0 Å². The first-order valence-corrected chi connectivity index (χ1v) is 6.46. The number of nitrogens with zero attached hydrogens (tertiary/aromatic N) is 2. The van der Waals surface area contributed by atoms with E-state index in [4.69, 9.17) is 14.7 Å². The number of rotatable bonds is 2. The Morgan fingerprint density at radius 2 is 2.17 bits per heavy atom. The molecule has 2 aliphatic rings. The molecule has 2 heterocycles. The van der Waals surface area contributed by atoms with Crippen molar-refractivity contribution in [3.8, 4) is 11.6 Å². The molecule has 2 N–H and O–H groups in total. The molecular formula is C13H15N3O2. The van der Waals surface area contributed by atoms with Gasteiger partial charge in [0.2, 0.25) is 11.7 Å². The third-order valence-corrected chi connectivity index (χ3v) is 4.45. The number of nitrogens with two attached hydrogens (primary N) is 1. The normalized spacial score (nSPS) is 34.3. The molecule has 5 nitrogen and oxygen atoms in total. The molecule has 4 atom stereocenters. The monoisotopic (exact) mass is 245 g/mol. The van der Waals surface area contributed by atoms with Crippen LogP contribution in [0.4, 0.5) is 0 Å². The fourth-order valence-corrected chi connectivity index (χ4v) is 3.58.